The van der Waals surface area contributed by atoms with Crippen LogP contribution in [0.4, 0.5) is 0 Å². The first-order valence-corrected chi connectivity index (χ1v) is 52.0. The number of phosphoric acid groups is 2. The number of hydrogen-bond acceptors (Lipinski definition) is 15. The quantitative estimate of drug-likeness (QED) is 0.0222. The van der Waals surface area contributed by atoms with Crippen molar-refractivity contribution in [2.24, 2.45) is 11.8 Å². The fraction of sp³-hybridized carbons (Fsp3) is 0.958. The number of aliphatic hydroxyl groups excluding tert-OH is 1. The van der Waals surface area contributed by atoms with Gasteiger partial charge in [-0.15, -0.1) is 0 Å². The molecule has 0 saturated heterocycles. The van der Waals surface area contributed by atoms with Gasteiger partial charge in [-0.2, -0.15) is 0 Å². The Morgan fingerprint density at radius 3 is 0.596 bits per heavy atom. The van der Waals surface area contributed by atoms with Crippen LogP contribution in [-0.4, -0.2) is 96.7 Å². The Hall–Kier alpha value is -1.94. The monoisotopic (exact) mass is 1660 g/mol. The molecule has 114 heavy (non-hydrogen) atoms. The zero-order valence-corrected chi connectivity index (χ0v) is 77.2. The normalized spacial score (nSPS) is 13.7. The Kier molecular flexibility index (Phi) is 84.6. The van der Waals surface area contributed by atoms with E-state index in [1.165, 1.54) is 334 Å². The smallest absolute Gasteiger partial charge is 0.462 e. The standard InChI is InChI=1S/C95H186O17P2/c1-7-9-11-13-15-17-19-21-23-25-27-28-29-31-37-41-45-49-55-62-68-74-79-94(99)111-90(83-105-92(97)77-71-65-59-53-47-43-39-35-33-32-34-38-42-46-51-57-63-69-75-87(3)4)85-109-113(101,102)107-81-89(96)82-108-114(103,104)110-86-91(84-106-93(98)78-72-66-60-56-50-52-58-64-70-76-88(5)6)112-95(100)80-73-67-61-54-48-44-40-36-30-26-24-22-20-18-16-14-12-10-8-2/h87-91,96H,7-86H2,1-6H3,(H,101,102)(H,103,104)/t89-,90-,91-/m1/s1. The third-order valence-electron chi connectivity index (χ3n) is 22.5. The number of unbranched alkanes of at least 4 members (excludes halogenated alkanes) is 64. The van der Waals surface area contributed by atoms with E-state index in [0.717, 1.165) is 102 Å². The molecule has 0 aliphatic carbocycles. The zero-order chi connectivity index (χ0) is 83.4. The second-order valence-electron chi connectivity index (χ2n) is 35.1. The van der Waals surface area contributed by atoms with Crippen LogP contribution in [-0.2, 0) is 65.4 Å². The molecule has 0 radical (unpaired) electrons. The molecule has 678 valence electrons. The number of hydrogen-bond donors (Lipinski definition) is 3. The molecule has 0 aliphatic heterocycles. The van der Waals surface area contributed by atoms with Crippen LogP contribution in [0.25, 0.3) is 0 Å². The van der Waals surface area contributed by atoms with E-state index in [9.17, 15) is 43.2 Å². The van der Waals surface area contributed by atoms with Gasteiger partial charge in [-0.1, -0.05) is 465 Å². The predicted octanol–water partition coefficient (Wildman–Crippen LogP) is 29.7. The SMILES string of the molecule is CCCCCCCCCCCCCCCCCCCCCCCCC(=O)O[C@H](COC(=O)CCCCCCCCCCCCCCCCCCCCC(C)C)COP(=O)(O)OC[C@@H](O)COP(=O)(O)OC[C@@H](COC(=O)CCCCCCCCCCCC(C)C)OC(=O)CCCCCCCCCCCCCCCCCCCCC. The molecule has 0 bridgehead atoms. The molecule has 0 aromatic carbocycles. The summed E-state index contributed by atoms with van der Waals surface area (Å²) in [6.07, 6.45) is 82.2. The fourth-order valence-electron chi connectivity index (χ4n) is 15.0. The highest BCUT2D eigenvalue weighted by atomic mass is 31.2. The van der Waals surface area contributed by atoms with Gasteiger partial charge >= 0.3 is 39.5 Å². The van der Waals surface area contributed by atoms with E-state index in [4.69, 9.17) is 37.0 Å². The highest BCUT2D eigenvalue weighted by Crippen LogP contribution is 2.45. The van der Waals surface area contributed by atoms with E-state index < -0.39 is 97.5 Å². The zero-order valence-electron chi connectivity index (χ0n) is 75.4. The summed E-state index contributed by atoms with van der Waals surface area (Å²) in [7, 11) is -9.94. The minimum Gasteiger partial charge on any atom is -0.462 e. The second kappa shape index (κ2) is 86.0. The van der Waals surface area contributed by atoms with E-state index in [2.05, 4.69) is 41.5 Å². The van der Waals surface area contributed by atoms with E-state index >= 15 is 0 Å². The average Bonchev–Trinajstić information content (AvgIpc) is 0.950. The van der Waals surface area contributed by atoms with Crippen molar-refractivity contribution in [3.8, 4) is 0 Å². The lowest BCUT2D eigenvalue weighted by atomic mass is 10.0. The molecule has 0 aromatic rings. The van der Waals surface area contributed by atoms with Crippen molar-refractivity contribution in [1.82, 2.24) is 0 Å². The first-order valence-electron chi connectivity index (χ1n) is 49.0. The van der Waals surface area contributed by atoms with E-state index in [0.29, 0.717) is 25.7 Å². The summed E-state index contributed by atoms with van der Waals surface area (Å²) >= 11 is 0. The number of carbonyl (C=O) groups is 4. The molecular weight excluding hydrogens is 1470 g/mol. The summed E-state index contributed by atoms with van der Waals surface area (Å²) in [5.41, 5.74) is 0. The Labute approximate surface area is 702 Å². The summed E-state index contributed by atoms with van der Waals surface area (Å²) in [5.74, 6) is -0.525. The summed E-state index contributed by atoms with van der Waals surface area (Å²) in [4.78, 5) is 73.6. The molecule has 0 heterocycles. The number of aliphatic hydroxyl groups is 1. The molecule has 0 spiro atoms. The lowest BCUT2D eigenvalue weighted by Crippen LogP contribution is -2.30. The Balaban J connectivity index is 5.24. The van der Waals surface area contributed by atoms with E-state index in [-0.39, 0.29) is 25.7 Å². The van der Waals surface area contributed by atoms with Gasteiger partial charge in [-0.25, -0.2) is 9.13 Å². The van der Waals surface area contributed by atoms with Crippen LogP contribution in [0.3, 0.4) is 0 Å². The molecule has 0 aromatic heterocycles. The molecule has 0 rings (SSSR count). The topological polar surface area (TPSA) is 237 Å². The van der Waals surface area contributed by atoms with Gasteiger partial charge in [-0.3, -0.25) is 37.3 Å². The predicted molar refractivity (Wildman–Crippen MR) is 474 cm³/mol. The number of carbonyl (C=O) groups excluding carboxylic acids is 4. The minimum absolute atomic E-state index is 0.109. The van der Waals surface area contributed by atoms with Crippen LogP contribution >= 0.6 is 15.6 Å². The fourth-order valence-corrected chi connectivity index (χ4v) is 16.6. The number of phosphoric ester groups is 2. The Morgan fingerprint density at radius 2 is 0.404 bits per heavy atom. The third-order valence-corrected chi connectivity index (χ3v) is 24.4. The molecule has 5 atom stereocenters. The van der Waals surface area contributed by atoms with Gasteiger partial charge in [0.25, 0.3) is 0 Å². The summed E-state index contributed by atoms with van der Waals surface area (Å²) in [6, 6.07) is 0. The Morgan fingerprint density at radius 1 is 0.237 bits per heavy atom. The molecule has 0 fully saturated rings. The van der Waals surface area contributed by atoms with Crippen LogP contribution in [0.2, 0.25) is 0 Å². The van der Waals surface area contributed by atoms with Crippen molar-refractivity contribution in [1.29, 1.82) is 0 Å². The van der Waals surface area contributed by atoms with Gasteiger partial charge < -0.3 is 33.8 Å². The van der Waals surface area contributed by atoms with Crippen molar-refractivity contribution in [2.75, 3.05) is 39.6 Å². The maximum absolute atomic E-state index is 13.2. The lowest BCUT2D eigenvalue weighted by molar-refractivity contribution is -0.161. The van der Waals surface area contributed by atoms with Gasteiger partial charge in [0, 0.05) is 25.7 Å². The molecule has 3 N–H and O–H groups in total. The highest BCUT2D eigenvalue weighted by molar-refractivity contribution is 7.47. The molecule has 19 heteroatoms. The molecule has 17 nitrogen and oxygen atoms in total. The minimum atomic E-state index is -4.97. The van der Waals surface area contributed by atoms with Gasteiger partial charge in [0.05, 0.1) is 26.4 Å². The van der Waals surface area contributed by atoms with Crippen molar-refractivity contribution in [2.45, 2.75) is 535 Å². The van der Waals surface area contributed by atoms with Gasteiger partial charge in [-0.05, 0) is 37.5 Å². The van der Waals surface area contributed by atoms with Crippen molar-refractivity contribution in [3.05, 3.63) is 0 Å². The summed E-state index contributed by atoms with van der Waals surface area (Å²) in [5, 5.41) is 10.7. The number of rotatable bonds is 94. The highest BCUT2D eigenvalue weighted by Gasteiger charge is 2.31. The number of ether oxygens (including phenoxy) is 4. The van der Waals surface area contributed by atoms with Crippen molar-refractivity contribution in [3.63, 3.8) is 0 Å². The van der Waals surface area contributed by atoms with Crippen LogP contribution < -0.4 is 0 Å². The van der Waals surface area contributed by atoms with Crippen LogP contribution in [0.1, 0.15) is 517 Å². The van der Waals surface area contributed by atoms with Gasteiger partial charge in [0.2, 0.25) is 0 Å². The van der Waals surface area contributed by atoms with Crippen LogP contribution in [0.5, 0.6) is 0 Å². The van der Waals surface area contributed by atoms with Gasteiger partial charge in [0.15, 0.2) is 12.2 Å². The third kappa shape index (κ3) is 87.9. The molecule has 0 amide bonds. The summed E-state index contributed by atoms with van der Waals surface area (Å²) in [6.45, 7) is 9.75. The molecular formula is C95H186O17P2. The van der Waals surface area contributed by atoms with E-state index in [1.54, 1.807) is 0 Å². The van der Waals surface area contributed by atoms with Crippen LogP contribution in [0.15, 0.2) is 0 Å². The lowest BCUT2D eigenvalue weighted by Gasteiger charge is -2.21. The number of esters is 4. The van der Waals surface area contributed by atoms with E-state index in [1.807, 2.05) is 0 Å². The van der Waals surface area contributed by atoms with Crippen LogP contribution in [0, 0.1) is 11.8 Å². The molecule has 2 unspecified atom stereocenters. The Bertz CT molecular complexity index is 2170. The second-order valence-corrected chi connectivity index (χ2v) is 38.0. The van der Waals surface area contributed by atoms with Crippen molar-refractivity contribution >= 4 is 39.5 Å². The molecule has 0 saturated carbocycles. The summed E-state index contributed by atoms with van der Waals surface area (Å²) < 4.78 is 69.2. The average molecular weight is 1660 g/mol. The maximum atomic E-state index is 13.2. The first-order chi connectivity index (χ1) is 55.4. The largest absolute Gasteiger partial charge is 0.472 e. The van der Waals surface area contributed by atoms with Gasteiger partial charge in [0.1, 0.15) is 19.3 Å². The van der Waals surface area contributed by atoms with Crippen molar-refractivity contribution < 1.29 is 80.2 Å². The first kappa shape index (κ1) is 112. The maximum Gasteiger partial charge on any atom is 0.472 e. The molecule has 0 aliphatic rings.